The molecule has 2 fully saturated rings. The standard InChI is InChI=1S/C18H24Cl2O/c19-13-17(14-20,15-6-2-1-3-7-15)12-16-8-11-18(21-16)9-4-5-10-18/h1-3,6-7,16H,4-5,8-14H2. The number of alkyl halides is 2. The van der Waals surface area contributed by atoms with E-state index in [9.17, 15) is 0 Å². The molecule has 0 N–H and O–H groups in total. The number of hydrogen-bond donors (Lipinski definition) is 0. The number of hydrogen-bond acceptors (Lipinski definition) is 1. The molecule has 0 amide bonds. The smallest absolute Gasteiger partial charge is 0.0687 e. The number of halogens is 2. The van der Waals surface area contributed by atoms with E-state index < -0.39 is 0 Å². The predicted octanol–water partition coefficient (Wildman–Crippen LogP) is 5.28. The van der Waals surface area contributed by atoms with Crippen LogP contribution in [-0.4, -0.2) is 23.5 Å². The van der Waals surface area contributed by atoms with Crippen LogP contribution in [0.4, 0.5) is 0 Å². The summed E-state index contributed by atoms with van der Waals surface area (Å²) in [7, 11) is 0. The molecule has 1 spiro atoms. The van der Waals surface area contributed by atoms with Gasteiger partial charge in [0.25, 0.3) is 0 Å². The first kappa shape index (κ1) is 15.6. The monoisotopic (exact) mass is 326 g/mol. The van der Waals surface area contributed by atoms with Gasteiger partial charge < -0.3 is 4.74 Å². The molecule has 0 radical (unpaired) electrons. The fraction of sp³-hybridized carbons (Fsp3) is 0.667. The van der Waals surface area contributed by atoms with E-state index in [1.165, 1.54) is 37.7 Å². The highest BCUT2D eigenvalue weighted by Crippen LogP contribution is 2.46. The first-order chi connectivity index (χ1) is 10.2. The van der Waals surface area contributed by atoms with Gasteiger partial charge in [0.2, 0.25) is 0 Å². The molecule has 2 aliphatic rings. The van der Waals surface area contributed by atoms with Crippen molar-refractivity contribution in [3.05, 3.63) is 35.9 Å². The topological polar surface area (TPSA) is 9.23 Å². The van der Waals surface area contributed by atoms with Crippen LogP contribution in [0.25, 0.3) is 0 Å². The van der Waals surface area contributed by atoms with Gasteiger partial charge >= 0.3 is 0 Å². The molecule has 3 heteroatoms. The molecule has 1 atom stereocenters. The highest BCUT2D eigenvalue weighted by atomic mass is 35.5. The molecule has 116 valence electrons. The molecule has 0 bridgehead atoms. The van der Waals surface area contributed by atoms with Crippen molar-refractivity contribution in [1.82, 2.24) is 0 Å². The molecular formula is C18H24Cl2O. The zero-order chi connectivity index (χ0) is 14.8. The van der Waals surface area contributed by atoms with E-state index in [1.807, 2.05) is 6.07 Å². The van der Waals surface area contributed by atoms with E-state index in [4.69, 9.17) is 27.9 Å². The normalized spacial score (nSPS) is 24.8. The van der Waals surface area contributed by atoms with Gasteiger partial charge in [-0.2, -0.15) is 0 Å². The Balaban J connectivity index is 1.74. The minimum absolute atomic E-state index is 0.167. The predicted molar refractivity (Wildman–Crippen MR) is 89.5 cm³/mol. The van der Waals surface area contributed by atoms with Crippen LogP contribution in [0.2, 0.25) is 0 Å². The van der Waals surface area contributed by atoms with Gasteiger partial charge in [-0.15, -0.1) is 23.2 Å². The van der Waals surface area contributed by atoms with E-state index in [-0.39, 0.29) is 11.0 Å². The van der Waals surface area contributed by atoms with Gasteiger partial charge in [-0.25, -0.2) is 0 Å². The average Bonchev–Trinajstić information content (AvgIpc) is 3.16. The lowest BCUT2D eigenvalue weighted by atomic mass is 9.79. The second-order valence-corrected chi connectivity index (χ2v) is 7.32. The molecular weight excluding hydrogens is 303 g/mol. The summed E-state index contributed by atoms with van der Waals surface area (Å²) in [5, 5.41) is 0. The van der Waals surface area contributed by atoms with Gasteiger partial charge in [0.1, 0.15) is 0 Å². The second kappa shape index (κ2) is 6.48. The van der Waals surface area contributed by atoms with Crippen LogP contribution >= 0.6 is 23.2 Å². The third-order valence-corrected chi connectivity index (χ3v) is 6.39. The van der Waals surface area contributed by atoms with Crippen molar-refractivity contribution in [3.8, 4) is 0 Å². The maximum Gasteiger partial charge on any atom is 0.0687 e. The van der Waals surface area contributed by atoms with Crippen molar-refractivity contribution >= 4 is 23.2 Å². The van der Waals surface area contributed by atoms with Crippen LogP contribution in [0.5, 0.6) is 0 Å². The summed E-state index contributed by atoms with van der Waals surface area (Å²) >= 11 is 12.7. The van der Waals surface area contributed by atoms with Crippen LogP contribution < -0.4 is 0 Å². The van der Waals surface area contributed by atoms with Crippen LogP contribution in [-0.2, 0) is 10.2 Å². The number of ether oxygens (including phenoxy) is 1. The molecule has 1 aromatic carbocycles. The van der Waals surface area contributed by atoms with E-state index >= 15 is 0 Å². The van der Waals surface area contributed by atoms with Crippen molar-refractivity contribution in [1.29, 1.82) is 0 Å². The van der Waals surface area contributed by atoms with Crippen LogP contribution in [0.1, 0.15) is 50.5 Å². The lowest BCUT2D eigenvalue weighted by molar-refractivity contribution is -0.0446. The molecule has 1 saturated carbocycles. The fourth-order valence-electron chi connectivity index (χ4n) is 4.07. The van der Waals surface area contributed by atoms with E-state index in [0.29, 0.717) is 17.9 Å². The van der Waals surface area contributed by atoms with Crippen LogP contribution in [0.3, 0.4) is 0 Å². The highest BCUT2D eigenvalue weighted by molar-refractivity contribution is 6.22. The van der Waals surface area contributed by atoms with Gasteiger partial charge in [-0.05, 0) is 37.7 Å². The lowest BCUT2D eigenvalue weighted by Gasteiger charge is -2.34. The van der Waals surface area contributed by atoms with Gasteiger partial charge in [-0.3, -0.25) is 0 Å². The maximum absolute atomic E-state index is 6.47. The first-order valence-corrected chi connectivity index (χ1v) is 9.14. The molecule has 1 nitrogen and oxygen atoms in total. The third kappa shape index (κ3) is 3.11. The Hall–Kier alpha value is -0.240. The van der Waals surface area contributed by atoms with Crippen molar-refractivity contribution in [2.45, 2.75) is 62.1 Å². The summed E-state index contributed by atoms with van der Waals surface area (Å²) in [6, 6.07) is 10.5. The Labute approximate surface area is 138 Å². The maximum atomic E-state index is 6.47. The third-order valence-electron chi connectivity index (χ3n) is 5.37. The summed E-state index contributed by atoms with van der Waals surface area (Å²) < 4.78 is 6.47. The first-order valence-electron chi connectivity index (χ1n) is 8.07. The van der Waals surface area contributed by atoms with Gasteiger partial charge in [-0.1, -0.05) is 43.2 Å². The van der Waals surface area contributed by atoms with Gasteiger partial charge in [0.05, 0.1) is 11.7 Å². The summed E-state index contributed by atoms with van der Waals surface area (Å²) in [5.74, 6) is 1.10. The Morgan fingerprint density at radius 3 is 2.33 bits per heavy atom. The van der Waals surface area contributed by atoms with Crippen molar-refractivity contribution in [2.24, 2.45) is 0 Å². The molecule has 1 aliphatic heterocycles. The molecule has 1 unspecified atom stereocenters. The summed E-state index contributed by atoms with van der Waals surface area (Å²) in [6.45, 7) is 0. The fourth-order valence-corrected chi connectivity index (χ4v) is 4.88. The van der Waals surface area contributed by atoms with Crippen molar-refractivity contribution in [3.63, 3.8) is 0 Å². The Morgan fingerprint density at radius 2 is 1.71 bits per heavy atom. The SMILES string of the molecule is ClCC(CCl)(CC1CCC2(CCCC2)O1)c1ccccc1. The van der Waals surface area contributed by atoms with E-state index in [1.54, 1.807) is 0 Å². The van der Waals surface area contributed by atoms with Crippen molar-refractivity contribution < 1.29 is 4.74 Å². The second-order valence-electron chi connectivity index (χ2n) is 6.79. The zero-order valence-electron chi connectivity index (χ0n) is 12.5. The van der Waals surface area contributed by atoms with E-state index in [0.717, 1.165) is 12.8 Å². The van der Waals surface area contributed by atoms with Gasteiger partial charge in [0.15, 0.2) is 0 Å². The number of rotatable bonds is 5. The minimum atomic E-state index is -0.167. The lowest BCUT2D eigenvalue weighted by Crippen LogP contribution is -2.36. The largest absolute Gasteiger partial charge is 0.372 e. The van der Waals surface area contributed by atoms with Crippen LogP contribution in [0, 0.1) is 0 Å². The van der Waals surface area contributed by atoms with Crippen molar-refractivity contribution in [2.75, 3.05) is 11.8 Å². The summed E-state index contributed by atoms with van der Waals surface area (Å²) in [5.41, 5.74) is 1.26. The zero-order valence-corrected chi connectivity index (χ0v) is 14.0. The molecule has 1 aromatic rings. The van der Waals surface area contributed by atoms with Crippen LogP contribution in [0.15, 0.2) is 30.3 Å². The Bertz CT molecular complexity index is 450. The molecule has 1 heterocycles. The van der Waals surface area contributed by atoms with Gasteiger partial charge in [0, 0.05) is 17.2 Å². The molecule has 1 saturated heterocycles. The molecule has 0 aromatic heterocycles. The average molecular weight is 327 g/mol. The number of benzene rings is 1. The molecule has 21 heavy (non-hydrogen) atoms. The molecule has 1 aliphatic carbocycles. The quantitative estimate of drug-likeness (QED) is 0.668. The Kier molecular flexibility index (Phi) is 4.83. The van der Waals surface area contributed by atoms with E-state index in [2.05, 4.69) is 24.3 Å². The summed E-state index contributed by atoms with van der Waals surface area (Å²) in [6.07, 6.45) is 8.73. The minimum Gasteiger partial charge on any atom is -0.372 e. The highest BCUT2D eigenvalue weighted by Gasteiger charge is 2.45. The Morgan fingerprint density at radius 1 is 1.05 bits per heavy atom. The summed E-state index contributed by atoms with van der Waals surface area (Å²) in [4.78, 5) is 0. The molecule has 3 rings (SSSR count).